The molecule has 0 bridgehead atoms. The maximum absolute atomic E-state index is 17.9. The van der Waals surface area contributed by atoms with Crippen LogP contribution in [-0.4, -0.2) is 85.3 Å². The minimum atomic E-state index is -4.79. The summed E-state index contributed by atoms with van der Waals surface area (Å²) < 4.78 is 60.3. The lowest BCUT2D eigenvalue weighted by atomic mass is 9.87. The third kappa shape index (κ3) is 6.75. The van der Waals surface area contributed by atoms with E-state index in [0.29, 0.717) is 16.7 Å². The molecule has 12 heteroatoms. The minimum absolute atomic E-state index is 0.00119. The summed E-state index contributed by atoms with van der Waals surface area (Å²) in [6.45, 7) is 2.73. The van der Waals surface area contributed by atoms with Crippen molar-refractivity contribution in [3.8, 4) is 11.1 Å². The van der Waals surface area contributed by atoms with Gasteiger partial charge in [0, 0.05) is 69.0 Å². The summed E-state index contributed by atoms with van der Waals surface area (Å²) in [7, 11) is 3.52. The van der Waals surface area contributed by atoms with Gasteiger partial charge in [0.15, 0.2) is 17.7 Å². The second-order valence-corrected chi connectivity index (χ2v) is 11.6. The van der Waals surface area contributed by atoms with Crippen molar-refractivity contribution >= 4 is 36.3 Å². The largest absolute Gasteiger partial charge is 0.737 e. The molecule has 2 aliphatic heterocycles. The number of ether oxygens (including phenoxy) is 4. The molecule has 0 spiro atoms. The Hall–Kier alpha value is -4.81. The zero-order valence-electron chi connectivity index (χ0n) is 28.7. The summed E-state index contributed by atoms with van der Waals surface area (Å²) in [5, 5.41) is 0. The van der Waals surface area contributed by atoms with E-state index in [1.807, 2.05) is 12.1 Å². The molecule has 2 aliphatic rings. The molecule has 49 heavy (non-hydrogen) atoms. The number of benzene rings is 2. The van der Waals surface area contributed by atoms with E-state index in [4.69, 9.17) is 18.9 Å². The number of rotatable bonds is 14. The van der Waals surface area contributed by atoms with Gasteiger partial charge in [-0.3, -0.25) is 0 Å². The first-order chi connectivity index (χ1) is 23.6. The number of allylic oxidation sites excluding steroid dienone is 2. The molecule has 0 radical (unpaired) electrons. The standard InChI is InChI=1S/C37H42BF2N3O6/c1-7-46-31(47-8-2)24-30-35(37(45)49-10-4)33(26-19-15-12-16-20-26)29-23-28-32(25-17-13-11-14-18-25)34(36(44)48-9-3)27(21-22-41(5)6)42(28)38(39,40)43(29)30/h11-23,31H,7-10,24H2,1-6H3/b22-21+. The molecule has 3 heterocycles. The van der Waals surface area contributed by atoms with E-state index in [1.54, 1.807) is 107 Å². The fraction of sp³-hybridized carbons (Fsp3) is 0.324. The van der Waals surface area contributed by atoms with Crippen LogP contribution in [-0.2, 0) is 30.2 Å². The number of hydrogen-bond donors (Lipinski definition) is 0. The summed E-state index contributed by atoms with van der Waals surface area (Å²) in [5.74, 6) is -1.47. The van der Waals surface area contributed by atoms with Gasteiger partial charge < -0.3 is 41.4 Å². The maximum Gasteiger partial charge on any atom is 0.737 e. The smallest absolute Gasteiger partial charge is 0.462 e. The minimum Gasteiger partial charge on any atom is -0.462 e. The van der Waals surface area contributed by atoms with Gasteiger partial charge in [-0.25, -0.2) is 9.59 Å². The van der Waals surface area contributed by atoms with Crippen molar-refractivity contribution in [3.05, 3.63) is 107 Å². The number of hydrogen-bond acceptors (Lipinski definition) is 7. The third-order valence-corrected chi connectivity index (χ3v) is 8.20. The Kier molecular flexibility index (Phi) is 11.0. The van der Waals surface area contributed by atoms with Gasteiger partial charge in [-0.2, -0.15) is 0 Å². The second-order valence-electron chi connectivity index (χ2n) is 11.6. The zero-order chi connectivity index (χ0) is 35.3. The van der Waals surface area contributed by atoms with E-state index in [-0.39, 0.29) is 72.3 Å². The van der Waals surface area contributed by atoms with Crippen LogP contribution in [0.2, 0.25) is 0 Å². The second kappa shape index (κ2) is 15.2. The predicted molar refractivity (Wildman–Crippen MR) is 186 cm³/mol. The normalized spacial score (nSPS) is 15.1. The monoisotopic (exact) mass is 673 g/mol. The predicted octanol–water partition coefficient (Wildman–Crippen LogP) is 6.41. The Morgan fingerprint density at radius 2 is 1.43 bits per heavy atom. The summed E-state index contributed by atoms with van der Waals surface area (Å²) in [6, 6.07) is 17.8. The van der Waals surface area contributed by atoms with Gasteiger partial charge in [-0.1, -0.05) is 60.7 Å². The number of nitrogens with zero attached hydrogens (tertiary/aromatic N) is 3. The van der Waals surface area contributed by atoms with E-state index in [9.17, 15) is 9.59 Å². The van der Waals surface area contributed by atoms with Crippen LogP contribution in [0.25, 0.3) is 22.8 Å². The van der Waals surface area contributed by atoms with Gasteiger partial charge in [0.05, 0.1) is 24.4 Å². The van der Waals surface area contributed by atoms with Crippen LogP contribution in [0.3, 0.4) is 0 Å². The Morgan fingerprint density at radius 1 is 0.857 bits per heavy atom. The summed E-state index contributed by atoms with van der Waals surface area (Å²) >= 11 is 0. The molecule has 0 amide bonds. The highest BCUT2D eigenvalue weighted by atomic mass is 19.2. The average Bonchev–Trinajstić information content (AvgIpc) is 3.59. The Bertz CT molecular complexity index is 1820. The average molecular weight is 674 g/mol. The summed E-state index contributed by atoms with van der Waals surface area (Å²) in [4.78, 5) is 29.4. The van der Waals surface area contributed by atoms with Gasteiger partial charge in [-0.15, -0.1) is 0 Å². The first-order valence-corrected chi connectivity index (χ1v) is 16.6. The highest BCUT2D eigenvalue weighted by Crippen LogP contribution is 2.47. The van der Waals surface area contributed by atoms with Crippen LogP contribution in [0, 0.1) is 0 Å². The topological polar surface area (TPSA) is 82.2 Å². The van der Waals surface area contributed by atoms with Gasteiger partial charge in [0.25, 0.3) is 0 Å². The molecule has 9 nitrogen and oxygen atoms in total. The Balaban J connectivity index is 1.96. The molecule has 5 rings (SSSR count). The zero-order valence-corrected chi connectivity index (χ0v) is 28.7. The van der Waals surface area contributed by atoms with Crippen molar-refractivity contribution in [2.24, 2.45) is 0 Å². The van der Waals surface area contributed by atoms with Crippen molar-refractivity contribution < 1.29 is 41.7 Å². The van der Waals surface area contributed by atoms with Crippen molar-refractivity contribution in [1.29, 1.82) is 0 Å². The fourth-order valence-electron chi connectivity index (χ4n) is 6.41. The quantitative estimate of drug-likeness (QED) is 0.111. The first kappa shape index (κ1) is 35.5. The number of aromatic nitrogens is 1. The molecule has 0 fully saturated rings. The van der Waals surface area contributed by atoms with E-state index in [2.05, 4.69) is 0 Å². The Morgan fingerprint density at radius 3 is 1.98 bits per heavy atom. The number of esters is 2. The molecule has 0 saturated carbocycles. The van der Waals surface area contributed by atoms with Crippen molar-refractivity contribution in [2.75, 3.05) is 40.5 Å². The summed E-state index contributed by atoms with van der Waals surface area (Å²) in [5.41, 5.74) is 1.89. The molecule has 258 valence electrons. The number of carbonyl (C=O) groups excluding carboxylic acids is 2. The van der Waals surface area contributed by atoms with Gasteiger partial charge in [0.2, 0.25) is 0 Å². The lowest BCUT2D eigenvalue weighted by Gasteiger charge is -2.32. The molecule has 0 aliphatic carbocycles. The SMILES string of the molecule is CCOC(=O)C1=C(c2ccccc2)C2=Cc3c(-c4ccccc4)c(C(=O)OCC)c(CC(OCC)OCC)n3[B-](F)(F)[N+]2=C1/C=C/N(C)C. The van der Waals surface area contributed by atoms with E-state index >= 15 is 8.63 Å². The molecule has 0 saturated heterocycles. The van der Waals surface area contributed by atoms with Crippen LogP contribution < -0.4 is 0 Å². The van der Waals surface area contributed by atoms with E-state index in [0.717, 1.165) is 8.96 Å². The lowest BCUT2D eigenvalue weighted by Crippen LogP contribution is -2.51. The van der Waals surface area contributed by atoms with Gasteiger partial charge >= 0.3 is 18.9 Å². The molecule has 0 N–H and O–H groups in total. The molecule has 2 aromatic carbocycles. The fourth-order valence-corrected chi connectivity index (χ4v) is 6.41. The van der Waals surface area contributed by atoms with Gasteiger partial charge in [-0.05, 0) is 38.8 Å². The molecular formula is C37H42BF2N3O6. The van der Waals surface area contributed by atoms with Crippen LogP contribution in [0.5, 0.6) is 0 Å². The number of halogens is 2. The molecule has 0 unspecified atom stereocenters. The van der Waals surface area contributed by atoms with Crippen molar-refractivity contribution in [2.45, 2.75) is 40.4 Å². The molecule has 0 atom stereocenters. The first-order valence-electron chi connectivity index (χ1n) is 16.6. The van der Waals surface area contributed by atoms with Crippen molar-refractivity contribution in [1.82, 2.24) is 9.38 Å². The van der Waals surface area contributed by atoms with Crippen LogP contribution in [0.15, 0.2) is 84.2 Å². The van der Waals surface area contributed by atoms with Crippen LogP contribution >= 0.6 is 0 Å². The lowest BCUT2D eigenvalue weighted by molar-refractivity contribution is -0.358. The molecular weight excluding hydrogens is 631 g/mol. The third-order valence-electron chi connectivity index (χ3n) is 8.20. The Labute approximate surface area is 285 Å². The number of fused-ring (bicyclic) bond motifs is 2. The van der Waals surface area contributed by atoms with Gasteiger partial charge in [0.1, 0.15) is 5.57 Å². The van der Waals surface area contributed by atoms with E-state index in [1.165, 1.54) is 6.08 Å². The number of carbonyl (C=O) groups is 2. The van der Waals surface area contributed by atoms with Crippen LogP contribution in [0.1, 0.15) is 55.0 Å². The molecule has 1 aromatic heterocycles. The van der Waals surface area contributed by atoms with Crippen molar-refractivity contribution in [3.63, 3.8) is 0 Å². The maximum atomic E-state index is 17.9. The van der Waals surface area contributed by atoms with Crippen LogP contribution in [0.4, 0.5) is 8.63 Å². The molecule has 3 aromatic rings. The van der Waals surface area contributed by atoms with E-state index < -0.39 is 25.2 Å². The highest BCUT2D eigenvalue weighted by molar-refractivity contribution is 6.59. The summed E-state index contributed by atoms with van der Waals surface area (Å²) in [6.07, 6.45) is 3.64. The highest BCUT2D eigenvalue weighted by Gasteiger charge is 2.58.